The molecule has 2 atom stereocenters. The Hall–Kier alpha value is -1.37. The van der Waals surface area contributed by atoms with Crippen LogP contribution in [0, 0.1) is 11.3 Å². The van der Waals surface area contributed by atoms with Crippen LogP contribution in [-0.2, 0) is 19.2 Å². The molecule has 20 heavy (non-hydrogen) atoms. The lowest BCUT2D eigenvalue weighted by Crippen LogP contribution is -2.44. The Bertz CT molecular complexity index is 473. The highest BCUT2D eigenvalue weighted by Gasteiger charge is 2.59. The molecule has 2 fully saturated rings. The van der Waals surface area contributed by atoms with Crippen LogP contribution in [0.25, 0.3) is 0 Å². The van der Waals surface area contributed by atoms with Crippen LogP contribution >= 0.6 is 12.6 Å². The molecule has 2 rings (SSSR count). The van der Waals surface area contributed by atoms with Gasteiger partial charge in [0.2, 0.25) is 5.91 Å². The molecular formula is C13H17NO5S. The number of carbonyl (C=O) groups is 4. The molecule has 0 bridgehead atoms. The standard InChI is InChI=1S/C13H17NO5S/c1-7(5-20)11(17)14-6-13(4-8(14)12(18)19)9(15)2-3-10(13)16/h7-8,20H,2-6H2,1H3,(H,18,19). The highest BCUT2D eigenvalue weighted by Crippen LogP contribution is 2.43. The predicted octanol–water partition coefficient (Wildman–Crippen LogP) is 0.156. The summed E-state index contributed by atoms with van der Waals surface area (Å²) in [4.78, 5) is 48.8. The van der Waals surface area contributed by atoms with E-state index in [-0.39, 0.29) is 49.0 Å². The van der Waals surface area contributed by atoms with Crippen molar-refractivity contribution in [1.29, 1.82) is 0 Å². The fourth-order valence-electron chi connectivity index (χ4n) is 2.98. The van der Waals surface area contributed by atoms with Crippen molar-refractivity contribution in [2.45, 2.75) is 32.2 Å². The number of ketones is 2. The SMILES string of the molecule is CC(CS)C(=O)N1CC2(CC1C(=O)O)C(=O)CCC2=O. The van der Waals surface area contributed by atoms with E-state index in [1.807, 2.05) is 0 Å². The second-order valence-corrected chi connectivity index (χ2v) is 5.90. The quantitative estimate of drug-likeness (QED) is 0.572. The number of hydrogen-bond donors (Lipinski definition) is 2. The summed E-state index contributed by atoms with van der Waals surface area (Å²) in [6.45, 7) is 1.55. The molecule has 7 heteroatoms. The van der Waals surface area contributed by atoms with Gasteiger partial charge in [-0.1, -0.05) is 6.92 Å². The van der Waals surface area contributed by atoms with Gasteiger partial charge in [-0.15, -0.1) is 0 Å². The number of aliphatic carboxylic acids is 1. The molecule has 1 N–H and O–H groups in total. The predicted molar refractivity (Wildman–Crippen MR) is 72.5 cm³/mol. The third kappa shape index (κ3) is 2.13. The molecule has 0 aromatic rings. The van der Waals surface area contributed by atoms with E-state index >= 15 is 0 Å². The molecule has 1 amide bonds. The number of likely N-dealkylation sites (tertiary alicyclic amines) is 1. The molecule has 6 nitrogen and oxygen atoms in total. The number of rotatable bonds is 3. The molecule has 1 heterocycles. The first-order valence-electron chi connectivity index (χ1n) is 6.54. The van der Waals surface area contributed by atoms with Crippen molar-refractivity contribution in [1.82, 2.24) is 4.90 Å². The second kappa shape index (κ2) is 5.20. The van der Waals surface area contributed by atoms with Crippen LogP contribution in [0.1, 0.15) is 26.2 Å². The zero-order chi connectivity index (χ0) is 15.1. The molecule has 110 valence electrons. The summed E-state index contributed by atoms with van der Waals surface area (Å²) < 4.78 is 0. The fourth-order valence-corrected chi connectivity index (χ4v) is 3.14. The van der Waals surface area contributed by atoms with Gasteiger partial charge in [-0.25, -0.2) is 4.79 Å². The summed E-state index contributed by atoms with van der Waals surface area (Å²) in [5, 5.41) is 9.27. The number of carboxylic acid groups (broad SMARTS) is 1. The highest BCUT2D eigenvalue weighted by molar-refractivity contribution is 7.80. The molecule has 1 spiro atoms. The molecule has 1 aliphatic carbocycles. The van der Waals surface area contributed by atoms with Crippen LogP contribution in [0.3, 0.4) is 0 Å². The van der Waals surface area contributed by atoms with E-state index in [2.05, 4.69) is 12.6 Å². The van der Waals surface area contributed by atoms with Crippen molar-refractivity contribution in [2.24, 2.45) is 11.3 Å². The monoisotopic (exact) mass is 299 g/mol. The first-order chi connectivity index (χ1) is 9.33. The van der Waals surface area contributed by atoms with Crippen LogP contribution in [-0.4, -0.2) is 51.8 Å². The lowest BCUT2D eigenvalue weighted by Gasteiger charge is -2.25. The van der Waals surface area contributed by atoms with Gasteiger partial charge < -0.3 is 10.0 Å². The summed E-state index contributed by atoms with van der Waals surface area (Å²) >= 11 is 4.04. The summed E-state index contributed by atoms with van der Waals surface area (Å²) in [5.74, 6) is -2.16. The molecule has 1 saturated heterocycles. The highest BCUT2D eigenvalue weighted by atomic mass is 32.1. The van der Waals surface area contributed by atoms with Crippen LogP contribution < -0.4 is 0 Å². The first kappa shape index (κ1) is 15.0. The van der Waals surface area contributed by atoms with Gasteiger partial charge in [0.25, 0.3) is 0 Å². The van der Waals surface area contributed by atoms with Crippen molar-refractivity contribution in [3.8, 4) is 0 Å². The topological polar surface area (TPSA) is 91.8 Å². The van der Waals surface area contributed by atoms with E-state index in [9.17, 15) is 24.3 Å². The largest absolute Gasteiger partial charge is 0.480 e. The van der Waals surface area contributed by atoms with Gasteiger partial charge in [-0.2, -0.15) is 12.6 Å². The number of amides is 1. The van der Waals surface area contributed by atoms with Gasteiger partial charge in [-0.3, -0.25) is 14.4 Å². The Balaban J connectivity index is 2.33. The molecule has 0 radical (unpaired) electrons. The molecule has 0 aromatic heterocycles. The van der Waals surface area contributed by atoms with Gasteiger partial charge in [0.1, 0.15) is 23.0 Å². The minimum atomic E-state index is -1.28. The van der Waals surface area contributed by atoms with E-state index < -0.39 is 23.3 Å². The summed E-state index contributed by atoms with van der Waals surface area (Å²) in [7, 11) is 0. The Labute approximate surface area is 121 Å². The van der Waals surface area contributed by atoms with E-state index in [1.54, 1.807) is 6.92 Å². The molecule has 2 unspecified atom stereocenters. The maximum Gasteiger partial charge on any atom is 0.326 e. The molecule has 2 aliphatic rings. The van der Waals surface area contributed by atoms with E-state index in [4.69, 9.17) is 0 Å². The molecule has 1 saturated carbocycles. The van der Waals surface area contributed by atoms with Crippen LogP contribution in [0.4, 0.5) is 0 Å². The number of nitrogens with zero attached hydrogens (tertiary/aromatic N) is 1. The summed E-state index contributed by atoms with van der Waals surface area (Å²) in [5.41, 5.74) is -1.28. The molecule has 1 aliphatic heterocycles. The van der Waals surface area contributed by atoms with Gasteiger partial charge in [-0.05, 0) is 6.42 Å². The van der Waals surface area contributed by atoms with Crippen molar-refractivity contribution >= 4 is 36.1 Å². The van der Waals surface area contributed by atoms with E-state index in [1.165, 1.54) is 4.90 Å². The van der Waals surface area contributed by atoms with Crippen molar-refractivity contribution < 1.29 is 24.3 Å². The summed E-state index contributed by atoms with van der Waals surface area (Å²) in [6, 6.07) is -1.10. The average Bonchev–Trinajstić information content (AvgIpc) is 2.95. The third-order valence-corrected chi connectivity index (χ3v) is 4.82. The Kier molecular flexibility index (Phi) is 3.90. The number of carbonyl (C=O) groups excluding carboxylic acids is 3. The van der Waals surface area contributed by atoms with Crippen LogP contribution in [0.2, 0.25) is 0 Å². The van der Waals surface area contributed by atoms with Crippen LogP contribution in [0.5, 0.6) is 0 Å². The number of Topliss-reactive ketones (excluding diaryl/α,β-unsaturated/α-hetero) is 2. The molecular weight excluding hydrogens is 282 g/mol. The summed E-state index contributed by atoms with van der Waals surface area (Å²) in [6.07, 6.45) is 0.204. The zero-order valence-corrected chi connectivity index (χ0v) is 12.1. The minimum absolute atomic E-state index is 0.0922. The number of carboxylic acids is 1. The maximum atomic E-state index is 12.2. The average molecular weight is 299 g/mol. The maximum absolute atomic E-state index is 12.2. The fraction of sp³-hybridized carbons (Fsp3) is 0.692. The Morgan fingerprint density at radius 2 is 1.95 bits per heavy atom. The van der Waals surface area contributed by atoms with E-state index in [0.717, 1.165) is 0 Å². The number of thiol groups is 1. The van der Waals surface area contributed by atoms with Gasteiger partial charge in [0.05, 0.1) is 0 Å². The van der Waals surface area contributed by atoms with E-state index in [0.29, 0.717) is 0 Å². The van der Waals surface area contributed by atoms with Crippen molar-refractivity contribution in [3.63, 3.8) is 0 Å². The van der Waals surface area contributed by atoms with Crippen LogP contribution in [0.15, 0.2) is 0 Å². The number of hydrogen-bond acceptors (Lipinski definition) is 5. The Morgan fingerprint density at radius 3 is 2.40 bits per heavy atom. The van der Waals surface area contributed by atoms with Crippen molar-refractivity contribution in [2.75, 3.05) is 12.3 Å². The van der Waals surface area contributed by atoms with Gasteiger partial charge >= 0.3 is 5.97 Å². The smallest absolute Gasteiger partial charge is 0.326 e. The minimum Gasteiger partial charge on any atom is -0.480 e. The van der Waals surface area contributed by atoms with Gasteiger partial charge in [0, 0.05) is 31.1 Å². The third-order valence-electron chi connectivity index (χ3n) is 4.27. The first-order valence-corrected chi connectivity index (χ1v) is 7.17. The van der Waals surface area contributed by atoms with Gasteiger partial charge in [0.15, 0.2) is 0 Å². The lowest BCUT2D eigenvalue weighted by molar-refractivity contribution is -0.149. The lowest BCUT2D eigenvalue weighted by atomic mass is 9.82. The van der Waals surface area contributed by atoms with Crippen molar-refractivity contribution in [3.05, 3.63) is 0 Å². The molecule has 0 aromatic carbocycles. The zero-order valence-electron chi connectivity index (χ0n) is 11.2. The Morgan fingerprint density at radius 1 is 1.40 bits per heavy atom. The second-order valence-electron chi connectivity index (χ2n) is 5.54. The normalized spacial score (nSPS) is 26.3.